The fourth-order valence-electron chi connectivity index (χ4n) is 3.05. The molecule has 1 aliphatic heterocycles. The van der Waals surface area contributed by atoms with Crippen LogP contribution in [-0.4, -0.2) is 37.5 Å². The zero-order valence-corrected chi connectivity index (χ0v) is 13.4. The van der Waals surface area contributed by atoms with E-state index in [0.717, 1.165) is 30.3 Å². The number of carbonyl (C=O) groups excluding carboxylic acids is 1. The molecule has 0 radical (unpaired) electrons. The highest BCUT2D eigenvalue weighted by Gasteiger charge is 2.32. The van der Waals surface area contributed by atoms with Crippen molar-refractivity contribution in [2.24, 2.45) is 7.05 Å². The van der Waals surface area contributed by atoms with Gasteiger partial charge in [0.1, 0.15) is 5.82 Å². The molecule has 0 amide bonds. The van der Waals surface area contributed by atoms with Gasteiger partial charge in [-0.25, -0.2) is 4.98 Å². The van der Waals surface area contributed by atoms with E-state index >= 15 is 0 Å². The zero-order valence-electron chi connectivity index (χ0n) is 12.6. The predicted octanol–water partition coefficient (Wildman–Crippen LogP) is 2.39. The maximum atomic E-state index is 12.4. The number of anilines is 1. The minimum Gasteiger partial charge on any atom is -0.343 e. The third-order valence-electron chi connectivity index (χ3n) is 4.44. The summed E-state index contributed by atoms with van der Waals surface area (Å²) in [4.78, 5) is 19.4. The van der Waals surface area contributed by atoms with Crippen molar-refractivity contribution in [3.05, 3.63) is 23.8 Å². The number of aromatic nitrogens is 4. The van der Waals surface area contributed by atoms with Gasteiger partial charge in [-0.15, -0.1) is 0 Å². The van der Waals surface area contributed by atoms with Crippen LogP contribution in [0.5, 0.6) is 0 Å². The van der Waals surface area contributed by atoms with E-state index in [0.29, 0.717) is 17.9 Å². The van der Waals surface area contributed by atoms with Crippen LogP contribution in [0.15, 0.2) is 12.4 Å². The number of hydrogen-bond acceptors (Lipinski definition) is 6. The summed E-state index contributed by atoms with van der Waals surface area (Å²) >= 11 is 1.48. The van der Waals surface area contributed by atoms with Gasteiger partial charge < -0.3 is 4.90 Å². The van der Waals surface area contributed by atoms with Crippen LogP contribution in [-0.2, 0) is 7.05 Å². The monoisotopic (exact) mass is 317 g/mol. The molecule has 2 aliphatic rings. The molecule has 22 heavy (non-hydrogen) atoms. The lowest BCUT2D eigenvalue weighted by Gasteiger charge is -2.22. The molecule has 116 valence electrons. The van der Waals surface area contributed by atoms with Crippen LogP contribution in [0.25, 0.3) is 0 Å². The second-order valence-electron chi connectivity index (χ2n) is 6.23. The number of Topliss-reactive ketones (excluding diaryl/α,β-unsaturated/α-hetero) is 1. The molecule has 1 atom stereocenters. The Kier molecular flexibility index (Phi) is 3.44. The predicted molar refractivity (Wildman–Crippen MR) is 84.4 cm³/mol. The molecule has 0 N–H and O–H groups in total. The van der Waals surface area contributed by atoms with Crippen molar-refractivity contribution >= 4 is 22.4 Å². The van der Waals surface area contributed by atoms with Gasteiger partial charge in [0.05, 0.1) is 11.8 Å². The molecular formula is C15H19N5OS. The second kappa shape index (κ2) is 5.46. The highest BCUT2D eigenvalue weighted by atomic mass is 32.1. The molecule has 3 heterocycles. The Balaban J connectivity index is 1.47. The Bertz CT molecular complexity index is 690. The van der Waals surface area contributed by atoms with Crippen molar-refractivity contribution in [1.29, 1.82) is 0 Å². The van der Waals surface area contributed by atoms with Crippen molar-refractivity contribution in [2.45, 2.75) is 44.1 Å². The van der Waals surface area contributed by atoms with Gasteiger partial charge >= 0.3 is 0 Å². The summed E-state index contributed by atoms with van der Waals surface area (Å²) in [6.07, 6.45) is 8.57. The topological polar surface area (TPSA) is 63.9 Å². The van der Waals surface area contributed by atoms with Crippen molar-refractivity contribution in [3.8, 4) is 0 Å². The summed E-state index contributed by atoms with van der Waals surface area (Å²) in [6.45, 7) is 0.976. The van der Waals surface area contributed by atoms with Gasteiger partial charge in [-0.1, -0.05) is 0 Å². The van der Waals surface area contributed by atoms with E-state index in [-0.39, 0.29) is 11.8 Å². The van der Waals surface area contributed by atoms with Crippen molar-refractivity contribution in [3.63, 3.8) is 0 Å². The minimum absolute atomic E-state index is 0.164. The Morgan fingerprint density at radius 3 is 3.00 bits per heavy atom. The van der Waals surface area contributed by atoms with Crippen molar-refractivity contribution in [2.75, 3.05) is 11.4 Å². The van der Waals surface area contributed by atoms with Gasteiger partial charge in [-0.05, 0) is 25.7 Å². The van der Waals surface area contributed by atoms with Gasteiger partial charge in [0.15, 0.2) is 5.78 Å². The fraction of sp³-hybridized carbons (Fsp3) is 0.600. The van der Waals surface area contributed by atoms with Crippen LogP contribution in [0.4, 0.5) is 5.13 Å². The van der Waals surface area contributed by atoms with Gasteiger partial charge in [0.25, 0.3) is 0 Å². The summed E-state index contributed by atoms with van der Waals surface area (Å²) in [6, 6.07) is 0.243. The first-order valence-corrected chi connectivity index (χ1v) is 8.60. The lowest BCUT2D eigenvalue weighted by atomic mass is 10.0. The molecule has 0 spiro atoms. The van der Waals surface area contributed by atoms with Gasteiger partial charge in [-0.3, -0.25) is 9.48 Å². The summed E-state index contributed by atoms with van der Waals surface area (Å²) in [5, 5.41) is 5.07. The first kappa shape index (κ1) is 13.9. The molecule has 2 aromatic rings. The lowest BCUT2D eigenvalue weighted by Crippen LogP contribution is -2.31. The maximum absolute atomic E-state index is 12.4. The summed E-state index contributed by atoms with van der Waals surface area (Å²) in [5.41, 5.74) is 0.699. The lowest BCUT2D eigenvalue weighted by molar-refractivity contribution is 0.0974. The van der Waals surface area contributed by atoms with E-state index in [4.69, 9.17) is 4.98 Å². The second-order valence-corrected chi connectivity index (χ2v) is 6.96. The van der Waals surface area contributed by atoms with Crippen LogP contribution in [0.1, 0.15) is 54.2 Å². The van der Waals surface area contributed by atoms with E-state index in [2.05, 4.69) is 14.4 Å². The average molecular weight is 317 g/mol. The summed E-state index contributed by atoms with van der Waals surface area (Å²) in [7, 11) is 1.83. The third kappa shape index (κ3) is 2.65. The normalized spacial score (nSPS) is 21.5. The number of ketones is 1. The molecule has 7 heteroatoms. The van der Waals surface area contributed by atoms with Crippen LogP contribution in [0.2, 0.25) is 0 Å². The van der Waals surface area contributed by atoms with E-state index in [1.54, 1.807) is 17.1 Å². The fourth-order valence-corrected chi connectivity index (χ4v) is 3.89. The van der Waals surface area contributed by atoms with Crippen LogP contribution in [0.3, 0.4) is 0 Å². The molecule has 0 bridgehead atoms. The molecule has 6 nitrogen and oxygen atoms in total. The number of nitrogens with zero attached hydrogens (tertiary/aromatic N) is 5. The van der Waals surface area contributed by atoms with Crippen molar-refractivity contribution in [1.82, 2.24) is 19.1 Å². The summed E-state index contributed by atoms with van der Waals surface area (Å²) in [5.74, 6) is 1.75. The third-order valence-corrected chi connectivity index (χ3v) is 5.21. The molecule has 0 unspecified atom stereocenters. The molecule has 1 saturated carbocycles. The highest BCUT2D eigenvalue weighted by Crippen LogP contribution is 2.40. The van der Waals surface area contributed by atoms with Gasteiger partial charge in [-0.2, -0.15) is 9.47 Å². The van der Waals surface area contributed by atoms with Crippen molar-refractivity contribution < 1.29 is 4.79 Å². The van der Waals surface area contributed by atoms with Gasteiger partial charge in [0, 0.05) is 49.7 Å². The number of hydrogen-bond donors (Lipinski definition) is 0. The first-order chi connectivity index (χ1) is 10.7. The Labute approximate surface area is 133 Å². The smallest absolute Gasteiger partial charge is 0.205 e. The van der Waals surface area contributed by atoms with E-state index in [9.17, 15) is 4.79 Å². The SMILES string of the molecule is Cn1cc(C(=O)C[C@@H]2CCCN2c2nc(C3CC3)ns2)cn1. The van der Waals surface area contributed by atoms with Crippen LogP contribution in [0, 0.1) is 0 Å². The molecule has 2 fully saturated rings. The summed E-state index contributed by atoms with van der Waals surface area (Å²) < 4.78 is 6.16. The zero-order chi connectivity index (χ0) is 15.1. The molecule has 2 aromatic heterocycles. The number of carbonyl (C=O) groups is 1. The van der Waals surface area contributed by atoms with Gasteiger partial charge in [0.2, 0.25) is 5.13 Å². The van der Waals surface area contributed by atoms with E-state index in [1.807, 2.05) is 7.05 Å². The maximum Gasteiger partial charge on any atom is 0.205 e. The number of aryl methyl sites for hydroxylation is 1. The Morgan fingerprint density at radius 1 is 1.41 bits per heavy atom. The molecule has 0 aromatic carbocycles. The highest BCUT2D eigenvalue weighted by molar-refractivity contribution is 7.09. The molecule has 1 saturated heterocycles. The largest absolute Gasteiger partial charge is 0.343 e. The first-order valence-electron chi connectivity index (χ1n) is 7.83. The van der Waals surface area contributed by atoms with E-state index < -0.39 is 0 Å². The minimum atomic E-state index is 0.164. The Hall–Kier alpha value is -1.76. The molecular weight excluding hydrogens is 298 g/mol. The van der Waals surface area contributed by atoms with Crippen LogP contribution >= 0.6 is 11.5 Å². The Morgan fingerprint density at radius 2 is 2.27 bits per heavy atom. The molecule has 4 rings (SSSR count). The standard InChI is InChI=1S/C15H19N5OS/c1-19-9-11(8-16-19)13(21)7-12-3-2-6-20(12)15-17-14(18-22-15)10-4-5-10/h8-10,12H,2-7H2,1H3/t12-/m0/s1. The molecule has 1 aliphatic carbocycles. The number of rotatable bonds is 5. The van der Waals surface area contributed by atoms with Crippen LogP contribution < -0.4 is 4.90 Å². The van der Waals surface area contributed by atoms with E-state index in [1.165, 1.54) is 24.4 Å². The average Bonchev–Trinajstić information content (AvgIpc) is 2.92. The quantitative estimate of drug-likeness (QED) is 0.792.